The summed E-state index contributed by atoms with van der Waals surface area (Å²) >= 11 is 0. The fraction of sp³-hybridized carbons (Fsp3) is 0.538. The standard InChI is InChI=1S/C13H18FNO2/c1-9-2-3-15(7-13(9)17)12-5-10(8-16)4-11(14)6-12/h4-6,9,13,16-17H,2-3,7-8H2,1H3. The van der Waals surface area contributed by atoms with Gasteiger partial charge < -0.3 is 15.1 Å². The van der Waals surface area contributed by atoms with Crippen LogP contribution in [0, 0.1) is 11.7 Å². The van der Waals surface area contributed by atoms with Gasteiger partial charge in [-0.05, 0) is 36.1 Å². The first kappa shape index (κ1) is 12.3. The molecule has 2 N–H and O–H groups in total. The van der Waals surface area contributed by atoms with Crippen molar-refractivity contribution in [3.8, 4) is 0 Å². The largest absolute Gasteiger partial charge is 0.392 e. The molecule has 1 aliphatic rings. The summed E-state index contributed by atoms with van der Waals surface area (Å²) in [6, 6.07) is 4.54. The van der Waals surface area contributed by atoms with Crippen molar-refractivity contribution < 1.29 is 14.6 Å². The topological polar surface area (TPSA) is 43.7 Å². The van der Waals surface area contributed by atoms with E-state index in [1.165, 1.54) is 12.1 Å². The van der Waals surface area contributed by atoms with Crippen molar-refractivity contribution in [1.29, 1.82) is 0 Å². The normalized spacial score (nSPS) is 25.1. The zero-order valence-electron chi connectivity index (χ0n) is 9.93. The van der Waals surface area contributed by atoms with Crippen LogP contribution in [0.3, 0.4) is 0 Å². The zero-order chi connectivity index (χ0) is 12.4. The lowest BCUT2D eigenvalue weighted by Gasteiger charge is -2.36. The highest BCUT2D eigenvalue weighted by Crippen LogP contribution is 2.25. The van der Waals surface area contributed by atoms with E-state index in [1.807, 2.05) is 11.8 Å². The molecule has 1 heterocycles. The molecule has 2 rings (SSSR count). The first-order valence-electron chi connectivity index (χ1n) is 5.93. The Bertz CT molecular complexity index is 397. The summed E-state index contributed by atoms with van der Waals surface area (Å²) in [6.45, 7) is 3.19. The molecule has 2 unspecified atom stereocenters. The predicted molar refractivity (Wildman–Crippen MR) is 64.3 cm³/mol. The fourth-order valence-corrected chi connectivity index (χ4v) is 2.19. The van der Waals surface area contributed by atoms with Crippen molar-refractivity contribution in [1.82, 2.24) is 0 Å². The zero-order valence-corrected chi connectivity index (χ0v) is 9.93. The average molecular weight is 239 g/mol. The number of aliphatic hydroxyl groups is 2. The average Bonchev–Trinajstić information content (AvgIpc) is 2.32. The number of nitrogens with zero attached hydrogens (tertiary/aromatic N) is 1. The maximum atomic E-state index is 13.3. The molecule has 2 atom stereocenters. The molecule has 1 aliphatic heterocycles. The number of anilines is 1. The van der Waals surface area contributed by atoms with Gasteiger partial charge >= 0.3 is 0 Å². The lowest BCUT2D eigenvalue weighted by atomic mass is 9.95. The molecule has 0 spiro atoms. The van der Waals surface area contributed by atoms with Gasteiger partial charge in [0.15, 0.2) is 0 Å². The maximum absolute atomic E-state index is 13.3. The summed E-state index contributed by atoms with van der Waals surface area (Å²) in [5, 5.41) is 18.9. The second kappa shape index (κ2) is 5.02. The molecule has 1 aromatic rings. The second-order valence-corrected chi connectivity index (χ2v) is 4.76. The molecule has 0 aliphatic carbocycles. The van der Waals surface area contributed by atoms with Crippen LogP contribution < -0.4 is 4.90 Å². The minimum atomic E-state index is -0.371. The molecular weight excluding hydrogens is 221 g/mol. The summed E-state index contributed by atoms with van der Waals surface area (Å²) in [7, 11) is 0. The summed E-state index contributed by atoms with van der Waals surface area (Å²) in [5.74, 6) is -0.0585. The van der Waals surface area contributed by atoms with Gasteiger partial charge in [0.1, 0.15) is 5.82 Å². The third-order valence-corrected chi connectivity index (χ3v) is 3.41. The number of rotatable bonds is 2. The third kappa shape index (κ3) is 2.76. The summed E-state index contributed by atoms with van der Waals surface area (Å²) < 4.78 is 13.3. The Balaban J connectivity index is 2.19. The van der Waals surface area contributed by atoms with Crippen LogP contribution in [0.5, 0.6) is 0 Å². The fourth-order valence-electron chi connectivity index (χ4n) is 2.19. The Kier molecular flexibility index (Phi) is 3.64. The van der Waals surface area contributed by atoms with Crippen molar-refractivity contribution in [2.45, 2.75) is 26.1 Å². The van der Waals surface area contributed by atoms with Crippen LogP contribution in [0.1, 0.15) is 18.9 Å². The van der Waals surface area contributed by atoms with Gasteiger partial charge in [-0.1, -0.05) is 6.92 Å². The molecule has 1 fully saturated rings. The van der Waals surface area contributed by atoms with E-state index < -0.39 is 0 Å². The first-order chi connectivity index (χ1) is 8.10. The number of aliphatic hydroxyl groups excluding tert-OH is 2. The van der Waals surface area contributed by atoms with Crippen LogP contribution in [0.25, 0.3) is 0 Å². The van der Waals surface area contributed by atoms with Crippen LogP contribution in [0.2, 0.25) is 0 Å². The Hall–Kier alpha value is -1.13. The van der Waals surface area contributed by atoms with E-state index in [1.54, 1.807) is 6.07 Å². The molecule has 94 valence electrons. The van der Waals surface area contributed by atoms with E-state index in [4.69, 9.17) is 5.11 Å². The molecule has 17 heavy (non-hydrogen) atoms. The molecular formula is C13H18FNO2. The SMILES string of the molecule is CC1CCN(c2cc(F)cc(CO)c2)CC1O. The summed E-state index contributed by atoms with van der Waals surface area (Å²) in [5.41, 5.74) is 1.30. The number of β-amino-alcohol motifs (C(OH)–C–C–N with tert-alkyl or cyclic N) is 1. The molecule has 0 aromatic heterocycles. The molecule has 0 amide bonds. The highest BCUT2D eigenvalue weighted by atomic mass is 19.1. The molecule has 0 saturated carbocycles. The Morgan fingerprint density at radius 3 is 2.82 bits per heavy atom. The molecule has 1 saturated heterocycles. The van der Waals surface area contributed by atoms with Crippen molar-refractivity contribution in [3.05, 3.63) is 29.6 Å². The summed E-state index contributed by atoms with van der Waals surface area (Å²) in [4.78, 5) is 1.97. The van der Waals surface area contributed by atoms with E-state index in [0.717, 1.165) is 18.7 Å². The van der Waals surface area contributed by atoms with Gasteiger partial charge in [-0.25, -0.2) is 4.39 Å². The van der Waals surface area contributed by atoms with E-state index >= 15 is 0 Å². The lowest BCUT2D eigenvalue weighted by molar-refractivity contribution is 0.103. The first-order valence-corrected chi connectivity index (χ1v) is 5.93. The van der Waals surface area contributed by atoms with Gasteiger partial charge in [-0.2, -0.15) is 0 Å². The third-order valence-electron chi connectivity index (χ3n) is 3.41. The van der Waals surface area contributed by atoms with Crippen LogP contribution >= 0.6 is 0 Å². The smallest absolute Gasteiger partial charge is 0.125 e. The van der Waals surface area contributed by atoms with Gasteiger partial charge in [0.2, 0.25) is 0 Å². The maximum Gasteiger partial charge on any atom is 0.125 e. The highest BCUT2D eigenvalue weighted by molar-refractivity contribution is 5.49. The van der Waals surface area contributed by atoms with Crippen LogP contribution in [-0.2, 0) is 6.61 Å². The number of halogens is 1. The molecule has 4 heteroatoms. The minimum absolute atomic E-state index is 0.169. The molecule has 0 bridgehead atoms. The van der Waals surface area contributed by atoms with E-state index in [-0.39, 0.29) is 24.4 Å². The predicted octanol–water partition coefficient (Wildman–Crippen LogP) is 1.53. The van der Waals surface area contributed by atoms with E-state index in [0.29, 0.717) is 12.1 Å². The number of piperidine rings is 1. The molecule has 3 nitrogen and oxygen atoms in total. The van der Waals surface area contributed by atoms with Crippen LogP contribution in [0.4, 0.5) is 10.1 Å². The quantitative estimate of drug-likeness (QED) is 0.822. The van der Waals surface area contributed by atoms with Gasteiger partial charge in [0, 0.05) is 18.8 Å². The van der Waals surface area contributed by atoms with E-state index in [2.05, 4.69) is 0 Å². The molecule has 1 aromatic carbocycles. The van der Waals surface area contributed by atoms with Gasteiger partial charge in [0.25, 0.3) is 0 Å². The van der Waals surface area contributed by atoms with Gasteiger partial charge in [-0.15, -0.1) is 0 Å². The lowest BCUT2D eigenvalue weighted by Crippen LogP contribution is -2.42. The number of benzene rings is 1. The van der Waals surface area contributed by atoms with Crippen molar-refractivity contribution in [3.63, 3.8) is 0 Å². The Morgan fingerprint density at radius 1 is 1.41 bits per heavy atom. The van der Waals surface area contributed by atoms with Crippen LogP contribution in [0.15, 0.2) is 18.2 Å². The number of hydrogen-bond acceptors (Lipinski definition) is 3. The Labute approximate surface area is 100 Å². The van der Waals surface area contributed by atoms with Gasteiger partial charge in [0.05, 0.1) is 12.7 Å². The van der Waals surface area contributed by atoms with E-state index in [9.17, 15) is 9.50 Å². The van der Waals surface area contributed by atoms with Crippen molar-refractivity contribution in [2.75, 3.05) is 18.0 Å². The monoisotopic (exact) mass is 239 g/mol. The summed E-state index contributed by atoms with van der Waals surface area (Å²) in [6.07, 6.45) is 0.524. The molecule has 0 radical (unpaired) electrons. The second-order valence-electron chi connectivity index (χ2n) is 4.76. The highest BCUT2D eigenvalue weighted by Gasteiger charge is 2.24. The number of hydrogen-bond donors (Lipinski definition) is 2. The Morgan fingerprint density at radius 2 is 2.18 bits per heavy atom. The van der Waals surface area contributed by atoms with Crippen molar-refractivity contribution >= 4 is 5.69 Å². The minimum Gasteiger partial charge on any atom is -0.392 e. The van der Waals surface area contributed by atoms with Gasteiger partial charge in [-0.3, -0.25) is 0 Å². The van der Waals surface area contributed by atoms with Crippen LogP contribution in [-0.4, -0.2) is 29.4 Å². The van der Waals surface area contributed by atoms with Crippen molar-refractivity contribution in [2.24, 2.45) is 5.92 Å².